The van der Waals surface area contributed by atoms with Gasteiger partial charge < -0.3 is 19.8 Å². The van der Waals surface area contributed by atoms with Crippen LogP contribution in [0.3, 0.4) is 0 Å². The fourth-order valence-electron chi connectivity index (χ4n) is 1.99. The van der Waals surface area contributed by atoms with Crippen molar-refractivity contribution in [3.05, 3.63) is 42.4 Å². The number of rotatable bonds is 6. The molecule has 2 amide bonds. The Labute approximate surface area is 128 Å². The van der Waals surface area contributed by atoms with Gasteiger partial charge in [-0.25, -0.2) is 0 Å². The highest BCUT2D eigenvalue weighted by Crippen LogP contribution is 2.27. The van der Waals surface area contributed by atoms with Crippen molar-refractivity contribution < 1.29 is 18.7 Å². The van der Waals surface area contributed by atoms with E-state index in [0.717, 1.165) is 5.76 Å². The Balaban J connectivity index is 1.99. The van der Waals surface area contributed by atoms with Crippen LogP contribution in [0.5, 0.6) is 5.75 Å². The van der Waals surface area contributed by atoms with Crippen molar-refractivity contribution in [1.29, 1.82) is 0 Å². The Bertz CT molecular complexity index is 650. The average molecular weight is 302 g/mol. The standard InChI is InChI=1S/C16H18N2O4/c1-11(19)17-14-10-12(5-7-15(14)21-2)18-16(20)8-6-13-4-3-9-22-13/h3-5,7,9-10H,6,8H2,1-2H3,(H,17,19)(H,18,20). The fourth-order valence-corrected chi connectivity index (χ4v) is 1.99. The summed E-state index contributed by atoms with van der Waals surface area (Å²) in [6.07, 6.45) is 2.43. The summed E-state index contributed by atoms with van der Waals surface area (Å²) in [7, 11) is 1.52. The number of benzene rings is 1. The lowest BCUT2D eigenvalue weighted by Gasteiger charge is -2.11. The van der Waals surface area contributed by atoms with Crippen LogP contribution in [0.1, 0.15) is 19.1 Å². The highest BCUT2D eigenvalue weighted by Gasteiger charge is 2.09. The summed E-state index contributed by atoms with van der Waals surface area (Å²) in [6.45, 7) is 1.41. The molecule has 2 N–H and O–H groups in total. The molecule has 0 aliphatic heterocycles. The average Bonchev–Trinajstić information content (AvgIpc) is 2.98. The van der Waals surface area contributed by atoms with Gasteiger partial charge in [-0.05, 0) is 30.3 Å². The number of ether oxygens (including phenoxy) is 1. The molecule has 0 atom stereocenters. The quantitative estimate of drug-likeness (QED) is 0.859. The molecule has 22 heavy (non-hydrogen) atoms. The Kier molecular flexibility index (Phi) is 5.19. The van der Waals surface area contributed by atoms with Gasteiger partial charge >= 0.3 is 0 Å². The van der Waals surface area contributed by atoms with Crippen molar-refractivity contribution >= 4 is 23.2 Å². The summed E-state index contributed by atoms with van der Waals surface area (Å²) < 4.78 is 10.3. The van der Waals surface area contributed by atoms with Gasteiger partial charge in [-0.15, -0.1) is 0 Å². The maximum Gasteiger partial charge on any atom is 0.224 e. The summed E-state index contributed by atoms with van der Waals surface area (Å²) in [5.41, 5.74) is 1.10. The first-order chi connectivity index (χ1) is 10.6. The van der Waals surface area contributed by atoms with E-state index >= 15 is 0 Å². The van der Waals surface area contributed by atoms with Gasteiger partial charge in [0.05, 0.1) is 19.1 Å². The molecule has 6 heteroatoms. The molecular weight excluding hydrogens is 284 g/mol. The molecule has 0 saturated heterocycles. The van der Waals surface area contributed by atoms with E-state index in [-0.39, 0.29) is 11.8 Å². The maximum atomic E-state index is 11.9. The number of hydrogen-bond acceptors (Lipinski definition) is 4. The Morgan fingerprint density at radius 3 is 2.68 bits per heavy atom. The summed E-state index contributed by atoms with van der Waals surface area (Å²) in [6, 6.07) is 8.68. The minimum atomic E-state index is -0.209. The van der Waals surface area contributed by atoms with Crippen LogP contribution in [0.2, 0.25) is 0 Å². The van der Waals surface area contributed by atoms with Crippen LogP contribution < -0.4 is 15.4 Å². The predicted octanol–water partition coefficient (Wildman–Crippen LogP) is 2.82. The molecule has 1 aromatic carbocycles. The van der Waals surface area contributed by atoms with Crippen molar-refractivity contribution in [2.45, 2.75) is 19.8 Å². The Morgan fingerprint density at radius 2 is 2.05 bits per heavy atom. The van der Waals surface area contributed by atoms with Crippen molar-refractivity contribution in [2.75, 3.05) is 17.7 Å². The van der Waals surface area contributed by atoms with Crippen LogP contribution in [0.4, 0.5) is 11.4 Å². The smallest absolute Gasteiger partial charge is 0.224 e. The van der Waals surface area contributed by atoms with Gasteiger partial charge in [0.15, 0.2) is 0 Å². The maximum absolute atomic E-state index is 11.9. The molecule has 2 rings (SSSR count). The number of furan rings is 1. The summed E-state index contributed by atoms with van der Waals surface area (Å²) in [5.74, 6) is 0.961. The predicted molar refractivity (Wildman–Crippen MR) is 83.0 cm³/mol. The third-order valence-corrected chi connectivity index (χ3v) is 2.97. The van der Waals surface area contributed by atoms with Crippen LogP contribution in [0.15, 0.2) is 41.0 Å². The number of amides is 2. The molecular formula is C16H18N2O4. The molecule has 0 fully saturated rings. The highest BCUT2D eigenvalue weighted by atomic mass is 16.5. The molecule has 2 aromatic rings. The van der Waals surface area contributed by atoms with Crippen molar-refractivity contribution in [2.24, 2.45) is 0 Å². The molecule has 6 nitrogen and oxygen atoms in total. The zero-order valence-corrected chi connectivity index (χ0v) is 12.5. The lowest BCUT2D eigenvalue weighted by Crippen LogP contribution is -2.13. The molecule has 0 unspecified atom stereocenters. The lowest BCUT2D eigenvalue weighted by atomic mass is 10.2. The van der Waals surface area contributed by atoms with Crippen LogP contribution >= 0.6 is 0 Å². The van der Waals surface area contributed by atoms with Gasteiger partial charge in [0, 0.05) is 25.5 Å². The number of methoxy groups -OCH3 is 1. The van der Waals surface area contributed by atoms with E-state index in [0.29, 0.717) is 30.0 Å². The van der Waals surface area contributed by atoms with Crippen molar-refractivity contribution in [1.82, 2.24) is 0 Å². The van der Waals surface area contributed by atoms with Crippen LogP contribution in [0.25, 0.3) is 0 Å². The lowest BCUT2D eigenvalue weighted by molar-refractivity contribution is -0.116. The molecule has 116 valence electrons. The van der Waals surface area contributed by atoms with Gasteiger partial charge in [-0.1, -0.05) is 0 Å². The minimum absolute atomic E-state index is 0.129. The topological polar surface area (TPSA) is 80.6 Å². The first-order valence-electron chi connectivity index (χ1n) is 6.86. The molecule has 1 heterocycles. The fraction of sp³-hybridized carbons (Fsp3) is 0.250. The van der Waals surface area contributed by atoms with E-state index in [9.17, 15) is 9.59 Å². The third kappa shape index (κ3) is 4.37. The van der Waals surface area contributed by atoms with Crippen molar-refractivity contribution in [3.8, 4) is 5.75 Å². The zero-order valence-electron chi connectivity index (χ0n) is 12.5. The minimum Gasteiger partial charge on any atom is -0.495 e. The number of aryl methyl sites for hydroxylation is 1. The normalized spacial score (nSPS) is 10.1. The second kappa shape index (κ2) is 7.31. The zero-order chi connectivity index (χ0) is 15.9. The van der Waals surface area contributed by atoms with Gasteiger partial charge in [0.1, 0.15) is 11.5 Å². The van der Waals surface area contributed by atoms with E-state index in [1.807, 2.05) is 6.07 Å². The number of carbonyl (C=O) groups is 2. The van der Waals surface area contributed by atoms with E-state index in [1.54, 1.807) is 30.5 Å². The highest BCUT2D eigenvalue weighted by molar-refractivity contribution is 5.94. The van der Waals surface area contributed by atoms with Crippen LogP contribution in [0, 0.1) is 0 Å². The SMILES string of the molecule is COc1ccc(NC(=O)CCc2ccco2)cc1NC(C)=O. The summed E-state index contributed by atoms with van der Waals surface area (Å²) >= 11 is 0. The second-order valence-electron chi connectivity index (χ2n) is 4.72. The van der Waals surface area contributed by atoms with Gasteiger partial charge in [-0.2, -0.15) is 0 Å². The molecule has 0 aliphatic rings. The van der Waals surface area contributed by atoms with Gasteiger partial charge in [0.2, 0.25) is 11.8 Å². The first kappa shape index (κ1) is 15.6. The molecule has 0 spiro atoms. The van der Waals surface area contributed by atoms with Gasteiger partial charge in [0.25, 0.3) is 0 Å². The van der Waals surface area contributed by atoms with E-state index in [4.69, 9.17) is 9.15 Å². The number of hydrogen-bond donors (Lipinski definition) is 2. The number of anilines is 2. The van der Waals surface area contributed by atoms with E-state index in [2.05, 4.69) is 10.6 Å². The number of carbonyl (C=O) groups excluding carboxylic acids is 2. The largest absolute Gasteiger partial charge is 0.495 e. The summed E-state index contributed by atoms with van der Waals surface area (Å²) in [4.78, 5) is 23.1. The molecule has 1 aromatic heterocycles. The van der Waals surface area contributed by atoms with Crippen LogP contribution in [-0.2, 0) is 16.0 Å². The number of nitrogens with one attached hydrogen (secondary N) is 2. The molecule has 0 bridgehead atoms. The van der Waals surface area contributed by atoms with Gasteiger partial charge in [-0.3, -0.25) is 9.59 Å². The van der Waals surface area contributed by atoms with Crippen molar-refractivity contribution in [3.63, 3.8) is 0 Å². The molecule has 0 radical (unpaired) electrons. The Morgan fingerprint density at radius 1 is 1.23 bits per heavy atom. The molecule has 0 saturated carbocycles. The molecule has 0 aliphatic carbocycles. The first-order valence-corrected chi connectivity index (χ1v) is 6.86. The second-order valence-corrected chi connectivity index (χ2v) is 4.72. The third-order valence-electron chi connectivity index (χ3n) is 2.97. The van der Waals surface area contributed by atoms with Crippen LogP contribution in [-0.4, -0.2) is 18.9 Å². The van der Waals surface area contributed by atoms with E-state index < -0.39 is 0 Å². The summed E-state index contributed by atoms with van der Waals surface area (Å²) in [5, 5.41) is 5.44. The monoisotopic (exact) mass is 302 g/mol. The Hall–Kier alpha value is -2.76. The van der Waals surface area contributed by atoms with E-state index in [1.165, 1.54) is 14.0 Å².